The molecule has 0 aliphatic carbocycles. The van der Waals surface area contributed by atoms with Crippen LogP contribution in [0.4, 0.5) is 0 Å². The highest BCUT2D eigenvalue weighted by molar-refractivity contribution is 5.76. The molecule has 0 aromatic heterocycles. The largest absolute Gasteiger partial charge is 0.462 e. The van der Waals surface area contributed by atoms with Crippen molar-refractivity contribution in [1.29, 1.82) is 0 Å². The average molecular weight is 298 g/mol. The van der Waals surface area contributed by atoms with Crippen molar-refractivity contribution in [2.24, 2.45) is 5.92 Å². The van der Waals surface area contributed by atoms with Gasteiger partial charge in [0.15, 0.2) is 0 Å². The zero-order valence-corrected chi connectivity index (χ0v) is 14.7. The van der Waals surface area contributed by atoms with Crippen LogP contribution in [0.15, 0.2) is 0 Å². The van der Waals surface area contributed by atoms with Gasteiger partial charge in [-0.05, 0) is 59.4 Å². The SMILES string of the molecule is CC(C)CN(CCC1CCC(C(=O)OC(C)C)N1)C(C)C. The third-order valence-corrected chi connectivity index (χ3v) is 3.97. The Bertz CT molecular complexity index is 316. The summed E-state index contributed by atoms with van der Waals surface area (Å²) >= 11 is 0. The minimum atomic E-state index is -0.102. The molecule has 4 heteroatoms. The second-order valence-corrected chi connectivity index (χ2v) is 7.25. The number of nitrogens with one attached hydrogen (secondary N) is 1. The fraction of sp³-hybridized carbons (Fsp3) is 0.941. The Kier molecular flexibility index (Phi) is 7.67. The summed E-state index contributed by atoms with van der Waals surface area (Å²) in [6.45, 7) is 15.1. The molecule has 1 aliphatic rings. The van der Waals surface area contributed by atoms with E-state index in [9.17, 15) is 4.79 Å². The van der Waals surface area contributed by atoms with Gasteiger partial charge in [-0.2, -0.15) is 0 Å². The minimum Gasteiger partial charge on any atom is -0.462 e. The predicted molar refractivity (Wildman–Crippen MR) is 87.3 cm³/mol. The van der Waals surface area contributed by atoms with E-state index >= 15 is 0 Å². The summed E-state index contributed by atoms with van der Waals surface area (Å²) in [5.41, 5.74) is 0. The smallest absolute Gasteiger partial charge is 0.323 e. The number of carbonyl (C=O) groups excluding carboxylic acids is 1. The number of nitrogens with zero attached hydrogens (tertiary/aromatic N) is 1. The predicted octanol–water partition coefficient (Wildman–Crippen LogP) is 2.82. The molecular formula is C17H34N2O2. The lowest BCUT2D eigenvalue weighted by Gasteiger charge is -2.29. The molecule has 4 nitrogen and oxygen atoms in total. The lowest BCUT2D eigenvalue weighted by Crippen LogP contribution is -2.41. The van der Waals surface area contributed by atoms with E-state index in [2.05, 4.69) is 37.9 Å². The summed E-state index contributed by atoms with van der Waals surface area (Å²) in [5.74, 6) is 0.605. The van der Waals surface area contributed by atoms with E-state index in [-0.39, 0.29) is 18.1 Å². The number of rotatable bonds is 8. The molecule has 0 aromatic rings. The Balaban J connectivity index is 2.35. The van der Waals surface area contributed by atoms with Crippen LogP contribution in [0.3, 0.4) is 0 Å². The van der Waals surface area contributed by atoms with Gasteiger partial charge in [-0.25, -0.2) is 0 Å². The number of carbonyl (C=O) groups is 1. The topological polar surface area (TPSA) is 41.6 Å². The molecule has 21 heavy (non-hydrogen) atoms. The monoisotopic (exact) mass is 298 g/mol. The summed E-state index contributed by atoms with van der Waals surface area (Å²) in [4.78, 5) is 14.4. The Morgan fingerprint density at radius 3 is 2.38 bits per heavy atom. The molecule has 0 saturated carbocycles. The first kappa shape index (κ1) is 18.4. The molecule has 124 valence electrons. The van der Waals surface area contributed by atoms with Crippen LogP contribution in [-0.4, -0.2) is 48.2 Å². The third-order valence-electron chi connectivity index (χ3n) is 3.97. The Morgan fingerprint density at radius 2 is 1.86 bits per heavy atom. The highest BCUT2D eigenvalue weighted by Gasteiger charge is 2.30. The molecule has 1 N–H and O–H groups in total. The highest BCUT2D eigenvalue weighted by atomic mass is 16.5. The number of hydrogen-bond acceptors (Lipinski definition) is 4. The van der Waals surface area contributed by atoms with Crippen LogP contribution in [0, 0.1) is 5.92 Å². The lowest BCUT2D eigenvalue weighted by molar-refractivity contribution is -0.149. The summed E-state index contributed by atoms with van der Waals surface area (Å²) in [6.07, 6.45) is 3.06. The molecule has 0 amide bonds. The summed E-state index contributed by atoms with van der Waals surface area (Å²) in [6, 6.07) is 0.925. The lowest BCUT2D eigenvalue weighted by atomic mass is 10.1. The van der Waals surface area contributed by atoms with Crippen molar-refractivity contribution in [1.82, 2.24) is 10.2 Å². The zero-order chi connectivity index (χ0) is 16.0. The van der Waals surface area contributed by atoms with Gasteiger partial charge in [0.25, 0.3) is 0 Å². The average Bonchev–Trinajstić information content (AvgIpc) is 2.81. The summed E-state index contributed by atoms with van der Waals surface area (Å²) in [7, 11) is 0. The first-order chi connectivity index (χ1) is 9.79. The van der Waals surface area contributed by atoms with Crippen LogP contribution in [0.5, 0.6) is 0 Å². The van der Waals surface area contributed by atoms with E-state index < -0.39 is 0 Å². The van der Waals surface area contributed by atoms with E-state index in [1.165, 1.54) is 0 Å². The van der Waals surface area contributed by atoms with Gasteiger partial charge < -0.3 is 15.0 Å². The van der Waals surface area contributed by atoms with Gasteiger partial charge >= 0.3 is 5.97 Å². The van der Waals surface area contributed by atoms with Gasteiger partial charge in [-0.3, -0.25) is 4.79 Å². The van der Waals surface area contributed by atoms with Crippen LogP contribution in [0.25, 0.3) is 0 Å². The number of esters is 1. The van der Waals surface area contributed by atoms with Crippen molar-refractivity contribution in [2.75, 3.05) is 13.1 Å². The number of hydrogen-bond donors (Lipinski definition) is 1. The van der Waals surface area contributed by atoms with E-state index in [1.54, 1.807) is 0 Å². The summed E-state index contributed by atoms with van der Waals surface area (Å²) < 4.78 is 5.29. The fourth-order valence-electron chi connectivity index (χ4n) is 2.90. The maximum absolute atomic E-state index is 11.9. The molecule has 0 radical (unpaired) electrons. The van der Waals surface area contributed by atoms with Crippen molar-refractivity contribution in [2.45, 2.75) is 85.0 Å². The van der Waals surface area contributed by atoms with Gasteiger partial charge in [-0.1, -0.05) is 13.8 Å². The van der Waals surface area contributed by atoms with Crippen LogP contribution in [0.2, 0.25) is 0 Å². The molecule has 1 saturated heterocycles. The number of ether oxygens (including phenoxy) is 1. The van der Waals surface area contributed by atoms with Crippen LogP contribution >= 0.6 is 0 Å². The summed E-state index contributed by atoms with van der Waals surface area (Å²) in [5, 5.41) is 3.44. The quantitative estimate of drug-likeness (QED) is 0.700. The Labute approximate surface area is 130 Å². The van der Waals surface area contributed by atoms with Gasteiger partial charge in [0.05, 0.1) is 6.10 Å². The molecule has 2 unspecified atom stereocenters. The van der Waals surface area contributed by atoms with Gasteiger partial charge in [-0.15, -0.1) is 0 Å². The molecule has 0 spiro atoms. The van der Waals surface area contributed by atoms with Crippen LogP contribution in [0.1, 0.15) is 60.8 Å². The maximum Gasteiger partial charge on any atom is 0.323 e. The molecule has 0 aromatic carbocycles. The molecule has 1 fully saturated rings. The van der Waals surface area contributed by atoms with Crippen LogP contribution in [-0.2, 0) is 9.53 Å². The minimum absolute atomic E-state index is 0.0270. The second-order valence-electron chi connectivity index (χ2n) is 7.25. The van der Waals surface area contributed by atoms with E-state index in [4.69, 9.17) is 4.74 Å². The Morgan fingerprint density at radius 1 is 1.19 bits per heavy atom. The van der Waals surface area contributed by atoms with Crippen molar-refractivity contribution < 1.29 is 9.53 Å². The fourth-order valence-corrected chi connectivity index (χ4v) is 2.90. The van der Waals surface area contributed by atoms with E-state index in [0.717, 1.165) is 32.4 Å². The highest BCUT2D eigenvalue weighted by Crippen LogP contribution is 2.18. The molecular weight excluding hydrogens is 264 g/mol. The molecule has 1 aliphatic heterocycles. The molecule has 0 bridgehead atoms. The van der Waals surface area contributed by atoms with Gasteiger partial charge in [0.2, 0.25) is 0 Å². The maximum atomic E-state index is 11.9. The molecule has 2 atom stereocenters. The van der Waals surface area contributed by atoms with Crippen molar-refractivity contribution >= 4 is 5.97 Å². The van der Waals surface area contributed by atoms with E-state index in [1.807, 2.05) is 13.8 Å². The third kappa shape index (κ3) is 6.79. The second kappa shape index (κ2) is 8.74. The van der Waals surface area contributed by atoms with Crippen molar-refractivity contribution in [3.8, 4) is 0 Å². The van der Waals surface area contributed by atoms with Crippen molar-refractivity contribution in [3.05, 3.63) is 0 Å². The molecule has 1 heterocycles. The standard InChI is InChI=1S/C17H34N2O2/c1-12(2)11-19(13(3)4)10-9-15-7-8-16(18-15)17(20)21-14(5)6/h12-16,18H,7-11H2,1-6H3. The first-order valence-corrected chi connectivity index (χ1v) is 8.50. The zero-order valence-electron chi connectivity index (χ0n) is 14.7. The Hall–Kier alpha value is -0.610. The van der Waals surface area contributed by atoms with E-state index in [0.29, 0.717) is 18.0 Å². The van der Waals surface area contributed by atoms with Gasteiger partial charge in [0.1, 0.15) is 6.04 Å². The first-order valence-electron chi connectivity index (χ1n) is 8.50. The van der Waals surface area contributed by atoms with Crippen LogP contribution < -0.4 is 5.32 Å². The van der Waals surface area contributed by atoms with Crippen molar-refractivity contribution in [3.63, 3.8) is 0 Å². The normalized spacial score (nSPS) is 22.8. The molecule has 1 rings (SSSR count). The van der Waals surface area contributed by atoms with Gasteiger partial charge in [0, 0.05) is 18.6 Å².